The number of piperidine rings is 1. The fourth-order valence-corrected chi connectivity index (χ4v) is 6.83. The highest BCUT2D eigenvalue weighted by Crippen LogP contribution is 2.30. The van der Waals surface area contributed by atoms with Crippen LogP contribution in [0.4, 0.5) is 11.4 Å². The van der Waals surface area contributed by atoms with E-state index in [1.54, 1.807) is 23.1 Å². The fraction of sp³-hybridized carbons (Fsp3) is 0.344. The fourth-order valence-electron chi connectivity index (χ4n) is 6.07. The third kappa shape index (κ3) is 6.11. The Bertz CT molecular complexity index is 1670. The van der Waals surface area contributed by atoms with Crippen LogP contribution in [0.15, 0.2) is 65.6 Å². The van der Waals surface area contributed by atoms with Gasteiger partial charge in [0.25, 0.3) is 5.91 Å². The first-order valence-electron chi connectivity index (χ1n) is 14.1. The molecule has 2 N–H and O–H groups in total. The molecule has 2 aliphatic rings. The predicted molar refractivity (Wildman–Crippen MR) is 162 cm³/mol. The van der Waals surface area contributed by atoms with E-state index in [9.17, 15) is 23.7 Å². The van der Waals surface area contributed by atoms with E-state index in [2.05, 4.69) is 17.0 Å². The van der Waals surface area contributed by atoms with Crippen LogP contribution in [0.3, 0.4) is 0 Å². The Balaban J connectivity index is 1.27. The van der Waals surface area contributed by atoms with Crippen LogP contribution in [0.2, 0.25) is 0 Å². The zero-order valence-electron chi connectivity index (χ0n) is 23.7. The molecule has 0 atom stereocenters. The van der Waals surface area contributed by atoms with E-state index in [-0.39, 0.29) is 10.8 Å². The first-order chi connectivity index (χ1) is 20.2. The van der Waals surface area contributed by atoms with Gasteiger partial charge in [0.2, 0.25) is 10.0 Å². The molecule has 0 radical (unpaired) electrons. The van der Waals surface area contributed by atoms with Crippen molar-refractivity contribution in [2.24, 2.45) is 11.1 Å². The monoisotopic (exact) mass is 582 g/mol. The van der Waals surface area contributed by atoms with E-state index in [0.717, 1.165) is 49.2 Å². The van der Waals surface area contributed by atoms with Crippen molar-refractivity contribution in [2.45, 2.75) is 31.1 Å². The molecule has 0 aromatic heterocycles. The van der Waals surface area contributed by atoms with Gasteiger partial charge >= 0.3 is 0 Å². The Morgan fingerprint density at radius 1 is 0.857 bits per heavy atom. The maximum Gasteiger partial charge on any atom is 0.254 e. The number of primary sulfonamides is 1. The Morgan fingerprint density at radius 2 is 1.45 bits per heavy atom. The first-order valence-corrected chi connectivity index (χ1v) is 15.7. The number of sulfonamides is 1. The number of carbonyl (C=O) groups excluding carboxylic acids is 1. The highest BCUT2D eigenvalue weighted by atomic mass is 32.2. The quantitative estimate of drug-likeness (QED) is 0.467. The Kier molecular flexibility index (Phi) is 8.49. The first kappa shape index (κ1) is 29.1. The predicted octanol–water partition coefficient (Wildman–Crippen LogP) is 3.81. The van der Waals surface area contributed by atoms with Gasteiger partial charge in [0, 0.05) is 44.8 Å². The van der Waals surface area contributed by atoms with Crippen molar-refractivity contribution in [3.8, 4) is 12.1 Å². The molecule has 1 amide bonds. The lowest BCUT2D eigenvalue weighted by atomic mass is 9.86. The van der Waals surface area contributed by atoms with Crippen LogP contribution in [0.1, 0.15) is 45.5 Å². The molecular weight excluding hydrogens is 548 g/mol. The molecule has 3 aromatic carbocycles. The maximum absolute atomic E-state index is 13.7. The van der Waals surface area contributed by atoms with E-state index in [1.807, 2.05) is 48.2 Å². The van der Waals surface area contributed by atoms with Gasteiger partial charge in [-0.2, -0.15) is 10.5 Å². The lowest BCUT2D eigenvalue weighted by Crippen LogP contribution is -2.49. The van der Waals surface area contributed by atoms with Gasteiger partial charge in [0.05, 0.1) is 28.6 Å². The van der Waals surface area contributed by atoms with Crippen molar-refractivity contribution in [3.05, 3.63) is 88.5 Å². The third-order valence-corrected chi connectivity index (χ3v) is 9.33. The maximum atomic E-state index is 13.7. The number of nitrogens with two attached hydrogens (primary N) is 1. The normalized spacial score (nSPS) is 16.1. The number of amides is 1. The van der Waals surface area contributed by atoms with Gasteiger partial charge in [-0.15, -0.1) is 0 Å². The topological polar surface area (TPSA) is 135 Å². The van der Waals surface area contributed by atoms with Gasteiger partial charge in [-0.3, -0.25) is 4.79 Å². The molecule has 0 bridgehead atoms. The van der Waals surface area contributed by atoms with E-state index in [0.29, 0.717) is 54.5 Å². The largest absolute Gasteiger partial charge is 0.370 e. The summed E-state index contributed by atoms with van der Waals surface area (Å²) in [5.41, 5.74) is 5.05. The van der Waals surface area contributed by atoms with Crippen molar-refractivity contribution >= 4 is 27.3 Å². The highest BCUT2D eigenvalue weighted by Gasteiger charge is 2.28. The average molecular weight is 583 g/mol. The van der Waals surface area contributed by atoms with Gasteiger partial charge in [-0.1, -0.05) is 24.3 Å². The minimum atomic E-state index is -3.87. The number of carbonyl (C=O) groups is 1. The third-order valence-electron chi connectivity index (χ3n) is 8.37. The van der Waals surface area contributed by atoms with E-state index < -0.39 is 10.0 Å². The molecule has 9 nitrogen and oxygen atoms in total. The molecule has 216 valence electrons. The van der Waals surface area contributed by atoms with Crippen LogP contribution in [0.5, 0.6) is 0 Å². The van der Waals surface area contributed by atoms with Crippen molar-refractivity contribution in [2.75, 3.05) is 49.1 Å². The summed E-state index contributed by atoms with van der Waals surface area (Å²) in [6.07, 6.45) is 2.59. The van der Waals surface area contributed by atoms with Crippen LogP contribution < -0.4 is 14.9 Å². The Morgan fingerprint density at radius 3 is 2.10 bits per heavy atom. The van der Waals surface area contributed by atoms with Crippen molar-refractivity contribution in [1.82, 2.24) is 4.90 Å². The summed E-state index contributed by atoms with van der Waals surface area (Å²) in [5.74, 6) is 0.288. The number of anilines is 2. The molecule has 3 aromatic rings. The molecular formula is C32H34N6O3S. The smallest absolute Gasteiger partial charge is 0.254 e. The highest BCUT2D eigenvalue weighted by molar-refractivity contribution is 7.89. The van der Waals surface area contributed by atoms with Crippen molar-refractivity contribution in [3.63, 3.8) is 0 Å². The molecule has 0 aliphatic carbocycles. The van der Waals surface area contributed by atoms with Gasteiger partial charge in [-0.05, 0) is 79.6 Å². The molecule has 2 aliphatic heterocycles. The molecule has 0 spiro atoms. The second-order valence-electron chi connectivity index (χ2n) is 11.0. The number of aryl methyl sites for hydroxylation is 1. The molecule has 42 heavy (non-hydrogen) atoms. The van der Waals surface area contributed by atoms with Crippen LogP contribution >= 0.6 is 0 Å². The summed E-state index contributed by atoms with van der Waals surface area (Å²) in [4.78, 5) is 19.7. The number of para-hydroxylation sites is 2. The van der Waals surface area contributed by atoms with Gasteiger partial charge in [-0.25, -0.2) is 13.6 Å². The summed E-state index contributed by atoms with van der Waals surface area (Å²) in [7, 11) is -3.87. The lowest BCUT2D eigenvalue weighted by molar-refractivity contribution is 0.0745. The second-order valence-corrected chi connectivity index (χ2v) is 12.5. The van der Waals surface area contributed by atoms with E-state index >= 15 is 0 Å². The number of nitrogens with zero attached hydrogens (tertiary/aromatic N) is 5. The number of piperazine rings is 1. The van der Waals surface area contributed by atoms with Crippen LogP contribution in [-0.4, -0.2) is 58.5 Å². The summed E-state index contributed by atoms with van der Waals surface area (Å²) < 4.78 is 24.2. The number of benzene rings is 3. The number of nitriles is 2. The molecule has 2 heterocycles. The Labute approximate surface area is 247 Å². The van der Waals surface area contributed by atoms with Crippen LogP contribution in [0, 0.1) is 35.5 Å². The van der Waals surface area contributed by atoms with Gasteiger partial charge in [0.15, 0.2) is 0 Å². The van der Waals surface area contributed by atoms with Crippen LogP contribution in [0.25, 0.3) is 0 Å². The molecule has 0 unspecified atom stereocenters. The molecule has 10 heteroatoms. The zero-order chi connectivity index (χ0) is 29.9. The number of rotatable bonds is 6. The van der Waals surface area contributed by atoms with Crippen LogP contribution in [-0.2, 0) is 16.4 Å². The standard InChI is InChI=1S/C32H34N6O3S/c1-23-18-27(22-34)26(19-24-10-12-36(13-11-24)29-7-3-2-6-25(29)21-33)20-28(23)32(39)38-16-14-37(15-17-38)30-8-4-5-9-31(30)42(35,40)41/h2-9,18,20,24H,10-17,19H2,1H3,(H2,35,40,41). The number of hydrogen-bond donors (Lipinski definition) is 1. The molecule has 0 saturated carbocycles. The Hall–Kier alpha value is -4.38. The van der Waals surface area contributed by atoms with Gasteiger partial charge < -0.3 is 14.7 Å². The molecule has 5 rings (SSSR count). The SMILES string of the molecule is Cc1cc(C#N)c(CC2CCN(c3ccccc3C#N)CC2)cc1C(=O)N1CCN(c2ccccc2S(N)(=O)=O)CC1. The number of hydrogen-bond acceptors (Lipinski definition) is 7. The summed E-state index contributed by atoms with van der Waals surface area (Å²) in [6, 6.07) is 22.6. The summed E-state index contributed by atoms with van der Waals surface area (Å²) >= 11 is 0. The van der Waals surface area contributed by atoms with Crippen molar-refractivity contribution < 1.29 is 13.2 Å². The molecule has 2 fully saturated rings. The summed E-state index contributed by atoms with van der Waals surface area (Å²) in [6.45, 7) is 5.37. The lowest BCUT2D eigenvalue weighted by Gasteiger charge is -2.37. The minimum Gasteiger partial charge on any atom is -0.370 e. The summed E-state index contributed by atoms with van der Waals surface area (Å²) in [5, 5.41) is 24.8. The minimum absolute atomic E-state index is 0.0810. The van der Waals surface area contributed by atoms with Crippen molar-refractivity contribution in [1.29, 1.82) is 10.5 Å². The second kappa shape index (κ2) is 12.2. The van der Waals surface area contributed by atoms with E-state index in [1.165, 1.54) is 6.07 Å². The van der Waals surface area contributed by atoms with E-state index in [4.69, 9.17) is 5.14 Å². The average Bonchev–Trinajstić information content (AvgIpc) is 3.01. The van der Waals surface area contributed by atoms with Gasteiger partial charge in [0.1, 0.15) is 11.0 Å². The molecule has 2 saturated heterocycles. The zero-order valence-corrected chi connectivity index (χ0v) is 24.5.